The van der Waals surface area contributed by atoms with Gasteiger partial charge in [-0.15, -0.1) is 11.8 Å². The van der Waals surface area contributed by atoms with Crippen LogP contribution in [0.5, 0.6) is 5.75 Å². The number of anilines is 1. The highest BCUT2D eigenvalue weighted by atomic mass is 32.2. The van der Waals surface area contributed by atoms with Gasteiger partial charge in [-0.1, -0.05) is 30.3 Å². The van der Waals surface area contributed by atoms with Crippen molar-refractivity contribution < 1.29 is 9.53 Å². The van der Waals surface area contributed by atoms with E-state index in [1.807, 2.05) is 53.4 Å². The SMILES string of the molecule is CSc1cccc(N2C[C@H](c3nc4ccccc4n3CCOc3cccc(C)c3)CC2=O)c1. The fraction of sp³-hybridized carbons (Fsp3) is 0.259. The number of hydrogen-bond acceptors (Lipinski definition) is 4. The van der Waals surface area contributed by atoms with E-state index in [-0.39, 0.29) is 11.8 Å². The number of ether oxygens (including phenoxy) is 1. The van der Waals surface area contributed by atoms with E-state index >= 15 is 0 Å². The molecule has 0 radical (unpaired) electrons. The highest BCUT2D eigenvalue weighted by molar-refractivity contribution is 7.98. The van der Waals surface area contributed by atoms with Crippen LogP contribution in [0.1, 0.15) is 23.7 Å². The van der Waals surface area contributed by atoms with Crippen molar-refractivity contribution in [2.75, 3.05) is 24.3 Å². The second-order valence-corrected chi connectivity index (χ2v) is 9.26. The van der Waals surface area contributed by atoms with E-state index in [2.05, 4.69) is 42.0 Å². The van der Waals surface area contributed by atoms with Crippen molar-refractivity contribution >= 4 is 34.4 Å². The molecule has 5 nitrogen and oxygen atoms in total. The number of imidazole rings is 1. The number of aryl methyl sites for hydroxylation is 1. The molecule has 3 aromatic carbocycles. The quantitative estimate of drug-likeness (QED) is 0.336. The zero-order valence-electron chi connectivity index (χ0n) is 18.9. The molecule has 0 bridgehead atoms. The Labute approximate surface area is 198 Å². The highest BCUT2D eigenvalue weighted by Crippen LogP contribution is 2.34. The molecule has 33 heavy (non-hydrogen) atoms. The van der Waals surface area contributed by atoms with Gasteiger partial charge in [0.1, 0.15) is 18.2 Å². The van der Waals surface area contributed by atoms with Crippen molar-refractivity contribution in [2.45, 2.75) is 30.7 Å². The number of carbonyl (C=O) groups is 1. The second-order valence-electron chi connectivity index (χ2n) is 8.38. The van der Waals surface area contributed by atoms with Crippen molar-refractivity contribution in [1.82, 2.24) is 9.55 Å². The molecule has 1 atom stereocenters. The van der Waals surface area contributed by atoms with Crippen molar-refractivity contribution in [3.8, 4) is 5.75 Å². The van der Waals surface area contributed by atoms with Crippen LogP contribution in [0.2, 0.25) is 0 Å². The summed E-state index contributed by atoms with van der Waals surface area (Å²) in [6, 6.07) is 24.4. The molecule has 2 heterocycles. The Balaban J connectivity index is 1.40. The first-order valence-corrected chi connectivity index (χ1v) is 12.4. The van der Waals surface area contributed by atoms with Crippen LogP contribution in [0.25, 0.3) is 11.0 Å². The van der Waals surface area contributed by atoms with Gasteiger partial charge >= 0.3 is 0 Å². The van der Waals surface area contributed by atoms with Gasteiger partial charge in [-0.05, 0) is 61.2 Å². The minimum atomic E-state index is 0.0433. The fourth-order valence-corrected chi connectivity index (χ4v) is 4.96. The summed E-state index contributed by atoms with van der Waals surface area (Å²) in [5, 5.41) is 0. The van der Waals surface area contributed by atoms with Gasteiger partial charge in [-0.2, -0.15) is 0 Å². The van der Waals surface area contributed by atoms with Crippen molar-refractivity contribution in [1.29, 1.82) is 0 Å². The molecule has 1 amide bonds. The average molecular weight is 458 g/mol. The van der Waals surface area contributed by atoms with Crippen molar-refractivity contribution in [2.24, 2.45) is 0 Å². The third-order valence-electron chi connectivity index (χ3n) is 6.11. The predicted octanol–water partition coefficient (Wildman–Crippen LogP) is 5.67. The van der Waals surface area contributed by atoms with Gasteiger partial charge in [0.15, 0.2) is 0 Å². The van der Waals surface area contributed by atoms with Crippen LogP contribution in [0.15, 0.2) is 77.7 Å². The molecule has 4 aromatic rings. The maximum atomic E-state index is 13.0. The number of hydrogen-bond donors (Lipinski definition) is 0. The highest BCUT2D eigenvalue weighted by Gasteiger charge is 2.34. The Hall–Kier alpha value is -3.25. The van der Waals surface area contributed by atoms with Crippen LogP contribution in [0, 0.1) is 6.92 Å². The Morgan fingerprint density at radius 3 is 2.76 bits per heavy atom. The molecular weight excluding hydrogens is 430 g/mol. The van der Waals surface area contributed by atoms with Gasteiger partial charge < -0.3 is 14.2 Å². The first kappa shape index (κ1) is 21.6. The zero-order valence-corrected chi connectivity index (χ0v) is 19.7. The van der Waals surface area contributed by atoms with Crippen molar-refractivity contribution in [3.63, 3.8) is 0 Å². The van der Waals surface area contributed by atoms with Crippen LogP contribution in [-0.2, 0) is 11.3 Å². The Morgan fingerprint density at radius 2 is 1.91 bits per heavy atom. The first-order chi connectivity index (χ1) is 16.1. The van der Waals surface area contributed by atoms with Crippen LogP contribution in [0.4, 0.5) is 5.69 Å². The smallest absolute Gasteiger partial charge is 0.227 e. The van der Waals surface area contributed by atoms with E-state index in [0.717, 1.165) is 33.2 Å². The summed E-state index contributed by atoms with van der Waals surface area (Å²) in [7, 11) is 0. The monoisotopic (exact) mass is 457 g/mol. The van der Waals surface area contributed by atoms with Gasteiger partial charge in [0.25, 0.3) is 0 Å². The van der Waals surface area contributed by atoms with Gasteiger partial charge in [-0.25, -0.2) is 4.98 Å². The summed E-state index contributed by atoms with van der Waals surface area (Å²) in [5.41, 5.74) is 4.17. The third kappa shape index (κ3) is 4.48. The Kier molecular flexibility index (Phi) is 6.09. The number of thioether (sulfide) groups is 1. The fourth-order valence-electron chi connectivity index (χ4n) is 4.51. The lowest BCUT2D eigenvalue weighted by Crippen LogP contribution is -2.24. The molecule has 1 fully saturated rings. The number of nitrogens with zero attached hydrogens (tertiary/aromatic N) is 3. The molecule has 168 valence electrons. The van der Waals surface area contributed by atoms with E-state index in [1.54, 1.807) is 11.8 Å². The van der Waals surface area contributed by atoms with Crippen LogP contribution >= 0.6 is 11.8 Å². The third-order valence-corrected chi connectivity index (χ3v) is 6.84. The molecule has 1 aliphatic rings. The van der Waals surface area contributed by atoms with Gasteiger partial charge in [0.2, 0.25) is 5.91 Å². The van der Waals surface area contributed by atoms with E-state index in [0.29, 0.717) is 26.1 Å². The number of benzene rings is 3. The molecule has 6 heteroatoms. The molecule has 1 saturated heterocycles. The maximum absolute atomic E-state index is 13.0. The van der Waals surface area contributed by atoms with E-state index in [9.17, 15) is 4.79 Å². The molecule has 0 aliphatic carbocycles. The normalized spacial score (nSPS) is 16.0. The standard InChI is InChI=1S/C27H27N3O2S/c1-19-7-5-9-22(15-19)32-14-13-29-25-12-4-3-11-24(25)28-27(29)20-16-26(31)30(18-20)21-8-6-10-23(17-21)33-2/h3-12,15,17,20H,13-14,16,18H2,1-2H3/t20-/m1/s1. The van der Waals surface area contributed by atoms with E-state index < -0.39 is 0 Å². The summed E-state index contributed by atoms with van der Waals surface area (Å²) >= 11 is 1.69. The van der Waals surface area contributed by atoms with E-state index in [4.69, 9.17) is 9.72 Å². The van der Waals surface area contributed by atoms with Gasteiger partial charge in [-0.3, -0.25) is 4.79 Å². The number of rotatable bonds is 7. The maximum Gasteiger partial charge on any atom is 0.227 e. The minimum absolute atomic E-state index is 0.0433. The lowest BCUT2D eigenvalue weighted by Gasteiger charge is -2.18. The number of para-hydroxylation sites is 2. The topological polar surface area (TPSA) is 47.4 Å². The lowest BCUT2D eigenvalue weighted by molar-refractivity contribution is -0.117. The molecular formula is C27H27N3O2S. The summed E-state index contributed by atoms with van der Waals surface area (Å²) in [4.78, 5) is 21.0. The lowest BCUT2D eigenvalue weighted by atomic mass is 10.1. The van der Waals surface area contributed by atoms with Gasteiger partial charge in [0, 0.05) is 29.5 Å². The number of amides is 1. The molecule has 1 aliphatic heterocycles. The second kappa shape index (κ2) is 9.32. The molecule has 0 unspecified atom stereocenters. The zero-order chi connectivity index (χ0) is 22.8. The Bertz CT molecular complexity index is 1300. The van der Waals surface area contributed by atoms with Gasteiger partial charge in [0.05, 0.1) is 17.6 Å². The minimum Gasteiger partial charge on any atom is -0.492 e. The largest absolute Gasteiger partial charge is 0.492 e. The summed E-state index contributed by atoms with van der Waals surface area (Å²) in [6.07, 6.45) is 2.51. The van der Waals surface area contributed by atoms with E-state index in [1.165, 1.54) is 5.56 Å². The molecule has 0 N–H and O–H groups in total. The average Bonchev–Trinajstić information content (AvgIpc) is 3.40. The summed E-state index contributed by atoms with van der Waals surface area (Å²) in [5.74, 6) is 2.02. The number of fused-ring (bicyclic) bond motifs is 1. The summed E-state index contributed by atoms with van der Waals surface area (Å²) in [6.45, 7) is 3.91. The molecule has 0 saturated carbocycles. The van der Waals surface area contributed by atoms with Crippen LogP contribution in [-0.4, -0.2) is 34.9 Å². The Morgan fingerprint density at radius 1 is 1.06 bits per heavy atom. The van der Waals surface area contributed by atoms with Crippen LogP contribution in [0.3, 0.4) is 0 Å². The number of aromatic nitrogens is 2. The van der Waals surface area contributed by atoms with Crippen LogP contribution < -0.4 is 9.64 Å². The summed E-state index contributed by atoms with van der Waals surface area (Å²) < 4.78 is 8.26. The molecule has 1 aromatic heterocycles. The molecule has 5 rings (SSSR count). The molecule has 0 spiro atoms. The predicted molar refractivity (Wildman–Crippen MR) is 134 cm³/mol. The number of carbonyl (C=O) groups excluding carboxylic acids is 1. The first-order valence-electron chi connectivity index (χ1n) is 11.2. The van der Waals surface area contributed by atoms with Crippen molar-refractivity contribution in [3.05, 3.63) is 84.2 Å².